The van der Waals surface area contributed by atoms with Crippen LogP contribution >= 0.6 is 0 Å². The molecule has 0 spiro atoms. The molecule has 2 bridgehead atoms. The molecule has 3 rings (SSSR count). The molecule has 0 N–H and O–H groups in total. The van der Waals surface area contributed by atoms with Crippen molar-refractivity contribution in [3.05, 3.63) is 12.2 Å². The van der Waals surface area contributed by atoms with E-state index in [2.05, 4.69) is 12.2 Å². The summed E-state index contributed by atoms with van der Waals surface area (Å²) in [5, 5.41) is 0. The van der Waals surface area contributed by atoms with Gasteiger partial charge in [0.1, 0.15) is 0 Å². The molecule has 0 amide bonds. The van der Waals surface area contributed by atoms with Crippen molar-refractivity contribution in [2.24, 2.45) is 11.3 Å². The summed E-state index contributed by atoms with van der Waals surface area (Å²) < 4.78 is 10.7. The first kappa shape index (κ1) is 9.40. The predicted molar refractivity (Wildman–Crippen MR) is 54.0 cm³/mol. The number of allylic oxidation sites excluding steroid dienone is 1. The van der Waals surface area contributed by atoms with Crippen molar-refractivity contribution in [3.8, 4) is 0 Å². The lowest BCUT2D eigenvalue weighted by atomic mass is 9.88. The third-order valence-corrected chi connectivity index (χ3v) is 3.81. The third-order valence-electron chi connectivity index (χ3n) is 3.81. The molecule has 3 nitrogen and oxygen atoms in total. The van der Waals surface area contributed by atoms with Crippen LogP contribution in [0.3, 0.4) is 0 Å². The van der Waals surface area contributed by atoms with Gasteiger partial charge in [-0.05, 0) is 31.6 Å². The topological polar surface area (TPSA) is 35.5 Å². The number of carbonyl (C=O) groups excluding carboxylic acids is 1. The molecule has 0 radical (unpaired) electrons. The van der Waals surface area contributed by atoms with Crippen LogP contribution in [0.4, 0.5) is 0 Å². The summed E-state index contributed by atoms with van der Waals surface area (Å²) in [5.74, 6) is 0.549. The Morgan fingerprint density at radius 2 is 2.40 bits per heavy atom. The highest BCUT2D eigenvalue weighted by atomic mass is 16.7. The average Bonchev–Trinajstić information content (AvgIpc) is 2.93. The zero-order valence-electron chi connectivity index (χ0n) is 8.78. The first-order valence-corrected chi connectivity index (χ1v) is 5.81. The number of hydrogen-bond acceptors (Lipinski definition) is 3. The summed E-state index contributed by atoms with van der Waals surface area (Å²) in [7, 11) is 0. The smallest absolute Gasteiger partial charge is 0.318 e. The van der Waals surface area contributed by atoms with E-state index in [1.165, 1.54) is 0 Å². The minimum atomic E-state index is -0.295. The van der Waals surface area contributed by atoms with E-state index in [4.69, 9.17) is 9.47 Å². The third kappa shape index (κ3) is 1.49. The summed E-state index contributed by atoms with van der Waals surface area (Å²) >= 11 is 0. The van der Waals surface area contributed by atoms with E-state index in [-0.39, 0.29) is 17.7 Å². The molecule has 3 aliphatic rings. The number of fused-ring (bicyclic) bond motifs is 2. The largest absolute Gasteiger partial charge is 0.435 e. The molecule has 0 aromatic rings. The Balaban J connectivity index is 1.66. The van der Waals surface area contributed by atoms with Crippen LogP contribution in [0, 0.1) is 11.3 Å². The number of carbonyl (C=O) groups is 1. The quantitative estimate of drug-likeness (QED) is 0.514. The van der Waals surface area contributed by atoms with Crippen molar-refractivity contribution < 1.29 is 14.3 Å². The lowest BCUT2D eigenvalue weighted by Crippen LogP contribution is -2.30. The van der Waals surface area contributed by atoms with Crippen LogP contribution in [0.25, 0.3) is 0 Å². The standard InChI is InChI=1S/C12H16O3/c13-11(15-10-2-1-7-14-10)12-5-3-9(8-12)4-6-12/h3,5,9-10H,1-2,4,6-8H2/t9?,10-,12?/m0/s1. The van der Waals surface area contributed by atoms with Gasteiger partial charge >= 0.3 is 5.97 Å². The van der Waals surface area contributed by atoms with Gasteiger partial charge in [-0.1, -0.05) is 12.2 Å². The maximum absolute atomic E-state index is 12.0. The lowest BCUT2D eigenvalue weighted by molar-refractivity contribution is -0.178. The van der Waals surface area contributed by atoms with Gasteiger partial charge in [-0.3, -0.25) is 4.79 Å². The van der Waals surface area contributed by atoms with Crippen LogP contribution in [0.2, 0.25) is 0 Å². The summed E-state index contributed by atoms with van der Waals surface area (Å²) in [6.07, 6.45) is 8.85. The Morgan fingerprint density at radius 1 is 1.47 bits per heavy atom. The second-order valence-electron chi connectivity index (χ2n) is 4.87. The maximum atomic E-state index is 12.0. The molecule has 1 saturated heterocycles. The number of rotatable bonds is 2. The number of ether oxygens (including phenoxy) is 2. The van der Waals surface area contributed by atoms with Crippen LogP contribution < -0.4 is 0 Å². The highest BCUT2D eigenvalue weighted by molar-refractivity contribution is 5.80. The maximum Gasteiger partial charge on any atom is 0.318 e. The van der Waals surface area contributed by atoms with Gasteiger partial charge in [-0.15, -0.1) is 0 Å². The zero-order valence-corrected chi connectivity index (χ0v) is 8.78. The molecule has 1 aliphatic heterocycles. The Bertz CT molecular complexity index is 304. The van der Waals surface area contributed by atoms with Gasteiger partial charge in [0.25, 0.3) is 0 Å². The van der Waals surface area contributed by atoms with Crippen molar-refractivity contribution in [3.63, 3.8) is 0 Å². The molecule has 1 heterocycles. The molecule has 82 valence electrons. The Kier molecular flexibility index (Phi) is 2.09. The molecule has 2 unspecified atom stereocenters. The van der Waals surface area contributed by atoms with Gasteiger partial charge in [0.15, 0.2) is 0 Å². The van der Waals surface area contributed by atoms with Crippen molar-refractivity contribution >= 4 is 5.97 Å². The minimum absolute atomic E-state index is 0.0642. The van der Waals surface area contributed by atoms with Gasteiger partial charge in [-0.2, -0.15) is 0 Å². The Morgan fingerprint density at radius 3 is 2.93 bits per heavy atom. The second kappa shape index (κ2) is 3.34. The molecule has 0 aromatic heterocycles. The van der Waals surface area contributed by atoms with Gasteiger partial charge in [0.2, 0.25) is 6.29 Å². The first-order chi connectivity index (χ1) is 7.28. The molecule has 2 fully saturated rings. The summed E-state index contributed by atoms with van der Waals surface area (Å²) in [6, 6.07) is 0. The van der Waals surface area contributed by atoms with E-state index < -0.39 is 0 Å². The van der Waals surface area contributed by atoms with Crippen LogP contribution in [-0.4, -0.2) is 18.9 Å². The average molecular weight is 208 g/mol. The molecule has 1 saturated carbocycles. The molecule has 0 aromatic carbocycles. The predicted octanol–water partition coefficient (Wildman–Crippen LogP) is 2.02. The Hall–Kier alpha value is -0.830. The summed E-state index contributed by atoms with van der Waals surface area (Å²) in [4.78, 5) is 12.0. The number of hydrogen-bond donors (Lipinski definition) is 0. The van der Waals surface area contributed by atoms with E-state index in [1.807, 2.05) is 0 Å². The monoisotopic (exact) mass is 208 g/mol. The van der Waals surface area contributed by atoms with Crippen LogP contribution in [0.5, 0.6) is 0 Å². The fourth-order valence-electron chi connectivity index (χ4n) is 2.88. The molecular weight excluding hydrogens is 192 g/mol. The van der Waals surface area contributed by atoms with Gasteiger partial charge < -0.3 is 9.47 Å². The van der Waals surface area contributed by atoms with E-state index in [0.717, 1.165) is 38.7 Å². The SMILES string of the molecule is O=C(O[C@H]1CCCO1)C12C=CC(CC1)C2. The van der Waals surface area contributed by atoms with Gasteiger partial charge in [0.05, 0.1) is 12.0 Å². The van der Waals surface area contributed by atoms with Crippen molar-refractivity contribution in [2.45, 2.75) is 38.4 Å². The van der Waals surface area contributed by atoms with Crippen LogP contribution in [0.1, 0.15) is 32.1 Å². The first-order valence-electron chi connectivity index (χ1n) is 5.81. The number of esters is 1. The molecule has 3 heteroatoms. The van der Waals surface area contributed by atoms with Crippen molar-refractivity contribution in [2.75, 3.05) is 6.61 Å². The van der Waals surface area contributed by atoms with Gasteiger partial charge in [-0.25, -0.2) is 0 Å². The molecule has 15 heavy (non-hydrogen) atoms. The van der Waals surface area contributed by atoms with Crippen molar-refractivity contribution in [1.82, 2.24) is 0 Å². The van der Waals surface area contributed by atoms with E-state index in [1.54, 1.807) is 0 Å². The highest BCUT2D eigenvalue weighted by Gasteiger charge is 2.48. The highest BCUT2D eigenvalue weighted by Crippen LogP contribution is 2.50. The summed E-state index contributed by atoms with van der Waals surface area (Å²) in [5.41, 5.74) is -0.295. The van der Waals surface area contributed by atoms with Crippen LogP contribution in [0.15, 0.2) is 12.2 Å². The van der Waals surface area contributed by atoms with E-state index in [9.17, 15) is 4.79 Å². The van der Waals surface area contributed by atoms with Gasteiger partial charge in [0, 0.05) is 6.42 Å². The van der Waals surface area contributed by atoms with Crippen LogP contribution in [-0.2, 0) is 14.3 Å². The van der Waals surface area contributed by atoms with E-state index in [0.29, 0.717) is 5.92 Å². The lowest BCUT2D eigenvalue weighted by Gasteiger charge is -2.23. The minimum Gasteiger partial charge on any atom is -0.435 e. The van der Waals surface area contributed by atoms with E-state index >= 15 is 0 Å². The molecule has 2 aliphatic carbocycles. The zero-order chi connectivity index (χ0) is 10.3. The van der Waals surface area contributed by atoms with Crippen molar-refractivity contribution in [1.29, 1.82) is 0 Å². The molecular formula is C12H16O3. The normalized spacial score (nSPS) is 42.4. The second-order valence-corrected chi connectivity index (χ2v) is 4.87. The Labute approximate surface area is 89.4 Å². The fourth-order valence-corrected chi connectivity index (χ4v) is 2.88. The summed E-state index contributed by atoms with van der Waals surface area (Å²) in [6.45, 7) is 0.726. The molecule has 3 atom stereocenters. The fraction of sp³-hybridized carbons (Fsp3) is 0.750.